The van der Waals surface area contributed by atoms with Crippen LogP contribution in [-0.4, -0.2) is 41.1 Å². The fourth-order valence-corrected chi connectivity index (χ4v) is 8.18. The van der Waals surface area contributed by atoms with Crippen LogP contribution < -0.4 is 9.62 Å². The lowest BCUT2D eigenvalue weighted by Crippen LogP contribution is -2.41. The van der Waals surface area contributed by atoms with Crippen molar-refractivity contribution in [3.8, 4) is 0 Å². The summed E-state index contributed by atoms with van der Waals surface area (Å²) in [5.74, 6) is -1.21. The molecular weight excluding hydrogens is 515 g/mol. The van der Waals surface area contributed by atoms with Crippen molar-refractivity contribution >= 4 is 31.5 Å². The Morgan fingerprint density at radius 3 is 2.16 bits per heavy atom. The summed E-state index contributed by atoms with van der Waals surface area (Å²) in [4.78, 5) is 14.9. The summed E-state index contributed by atoms with van der Waals surface area (Å²) in [5, 5.41) is 0. The van der Waals surface area contributed by atoms with Crippen LogP contribution in [-0.2, 0) is 25.3 Å². The minimum Gasteiger partial charge on any atom is -0.307 e. The molecule has 5 rings (SSSR count). The van der Waals surface area contributed by atoms with Crippen molar-refractivity contribution in [2.45, 2.75) is 80.0 Å². The van der Waals surface area contributed by atoms with Gasteiger partial charge in [-0.1, -0.05) is 6.07 Å². The number of carbonyl (C=O) groups is 1. The van der Waals surface area contributed by atoms with Gasteiger partial charge in [0.25, 0.3) is 5.91 Å². The minimum absolute atomic E-state index is 0.0330. The molecule has 2 aliphatic carbocycles. The Balaban J connectivity index is 1.56. The van der Waals surface area contributed by atoms with Crippen LogP contribution in [0.1, 0.15) is 75.2 Å². The number of benzene rings is 2. The highest BCUT2D eigenvalue weighted by Crippen LogP contribution is 2.62. The first-order chi connectivity index (χ1) is 17.1. The van der Waals surface area contributed by atoms with Crippen LogP contribution in [0, 0.1) is 11.2 Å². The van der Waals surface area contributed by atoms with Gasteiger partial charge in [0.15, 0.2) is 9.84 Å². The topological polar surface area (TPSA) is 101 Å². The van der Waals surface area contributed by atoms with Crippen molar-refractivity contribution in [2.24, 2.45) is 5.41 Å². The molecule has 2 aromatic carbocycles. The highest BCUT2D eigenvalue weighted by molar-refractivity contribution is 7.90. The van der Waals surface area contributed by atoms with Gasteiger partial charge in [0.2, 0.25) is 10.0 Å². The second-order valence-corrected chi connectivity index (χ2v) is 15.8. The molecular formula is C27H33FN2O5S2. The molecule has 200 valence electrons. The zero-order valence-corrected chi connectivity index (χ0v) is 23.2. The number of sulfonamides is 1. The first-order valence-corrected chi connectivity index (χ1v) is 15.9. The summed E-state index contributed by atoms with van der Waals surface area (Å²) < 4.78 is 68.9. The zero-order chi connectivity index (χ0) is 27.0. The second kappa shape index (κ2) is 8.35. The summed E-state index contributed by atoms with van der Waals surface area (Å²) in [6.45, 7) is 5.43. The van der Waals surface area contributed by atoms with Crippen LogP contribution >= 0.6 is 0 Å². The van der Waals surface area contributed by atoms with Crippen LogP contribution in [0.15, 0.2) is 46.2 Å². The number of amides is 1. The molecule has 1 amide bonds. The molecule has 0 aromatic heterocycles. The molecule has 0 bridgehead atoms. The van der Waals surface area contributed by atoms with E-state index in [1.807, 2.05) is 0 Å². The number of nitrogens with one attached hydrogen (secondary N) is 1. The Morgan fingerprint density at radius 2 is 1.59 bits per heavy atom. The number of halogens is 1. The summed E-state index contributed by atoms with van der Waals surface area (Å²) in [6, 6.07) is 8.57. The van der Waals surface area contributed by atoms with Crippen LogP contribution in [0.5, 0.6) is 0 Å². The van der Waals surface area contributed by atoms with E-state index in [9.17, 15) is 21.6 Å². The third-order valence-electron chi connectivity index (χ3n) is 8.07. The molecule has 0 atom stereocenters. The second-order valence-electron chi connectivity index (χ2n) is 12.1. The summed E-state index contributed by atoms with van der Waals surface area (Å²) in [5.41, 5.74) is -0.215. The zero-order valence-electron chi connectivity index (χ0n) is 21.6. The van der Waals surface area contributed by atoms with Gasteiger partial charge in [-0.05, 0) is 95.0 Å². The number of nitrogens with zero attached hydrogens (tertiary/aromatic N) is 1. The van der Waals surface area contributed by atoms with E-state index in [0.717, 1.165) is 31.9 Å². The van der Waals surface area contributed by atoms with E-state index < -0.39 is 42.5 Å². The number of rotatable bonds is 4. The van der Waals surface area contributed by atoms with Gasteiger partial charge in [0, 0.05) is 34.9 Å². The van der Waals surface area contributed by atoms with Crippen LogP contribution in [0.4, 0.5) is 10.1 Å². The lowest BCUT2D eigenvalue weighted by atomic mass is 9.66. The highest BCUT2D eigenvalue weighted by atomic mass is 32.2. The number of anilines is 1. The van der Waals surface area contributed by atoms with E-state index in [-0.39, 0.29) is 21.9 Å². The van der Waals surface area contributed by atoms with Gasteiger partial charge in [-0.15, -0.1) is 0 Å². The predicted octanol–water partition coefficient (Wildman–Crippen LogP) is 4.56. The van der Waals surface area contributed by atoms with Gasteiger partial charge in [0.05, 0.1) is 10.6 Å². The molecule has 2 spiro atoms. The molecule has 1 heterocycles. The predicted molar refractivity (Wildman–Crippen MR) is 140 cm³/mol. The Labute approximate surface area is 218 Å². The maximum atomic E-state index is 15.9. The standard InChI is InChI=1S/C27H33FN2O5S2/c1-25(2,3)29-37(34,35)19-7-5-6-18(16-19)24(31)30-17-27(14-12-26(10-11-26)13-15-27)22-20(30)8-9-21(23(22)28)36(4,32)33/h5-9,16,29H,10-15,17H2,1-4H3. The Hall–Kier alpha value is -2.30. The number of carbonyl (C=O) groups excluding carboxylic acids is 1. The van der Waals surface area contributed by atoms with Crippen molar-refractivity contribution in [3.63, 3.8) is 0 Å². The quantitative estimate of drug-likeness (QED) is 0.604. The molecule has 10 heteroatoms. The Kier molecular flexibility index (Phi) is 5.94. The lowest BCUT2D eigenvalue weighted by molar-refractivity contribution is 0.0979. The molecule has 0 saturated heterocycles. The number of hydrogen-bond donors (Lipinski definition) is 1. The first kappa shape index (κ1) is 26.3. The number of sulfone groups is 1. The molecule has 1 aliphatic heterocycles. The van der Waals surface area contributed by atoms with E-state index >= 15 is 4.39 Å². The first-order valence-electron chi connectivity index (χ1n) is 12.6. The average molecular weight is 549 g/mol. The summed E-state index contributed by atoms with van der Waals surface area (Å²) in [7, 11) is -7.67. The van der Waals surface area contributed by atoms with E-state index in [1.165, 1.54) is 35.2 Å². The molecule has 3 aliphatic rings. The lowest BCUT2D eigenvalue weighted by Gasteiger charge is -2.38. The molecule has 0 radical (unpaired) electrons. The fourth-order valence-electron chi connectivity index (χ4n) is 5.97. The monoisotopic (exact) mass is 548 g/mol. The third-order valence-corrected chi connectivity index (χ3v) is 10.9. The van der Waals surface area contributed by atoms with Crippen LogP contribution in [0.25, 0.3) is 0 Å². The van der Waals surface area contributed by atoms with Gasteiger partial charge >= 0.3 is 0 Å². The summed E-state index contributed by atoms with van der Waals surface area (Å²) >= 11 is 0. The van der Waals surface area contributed by atoms with Crippen molar-refractivity contribution in [3.05, 3.63) is 53.3 Å². The molecule has 2 saturated carbocycles. The van der Waals surface area contributed by atoms with Gasteiger partial charge in [0.1, 0.15) is 10.7 Å². The normalized spacial score (nSPS) is 20.3. The van der Waals surface area contributed by atoms with E-state index in [1.54, 1.807) is 26.8 Å². The number of fused-ring (bicyclic) bond motifs is 2. The molecule has 2 aromatic rings. The van der Waals surface area contributed by atoms with Crippen molar-refractivity contribution in [1.82, 2.24) is 4.72 Å². The molecule has 2 fully saturated rings. The minimum atomic E-state index is -3.87. The largest absolute Gasteiger partial charge is 0.307 e. The third kappa shape index (κ3) is 4.72. The van der Waals surface area contributed by atoms with E-state index in [2.05, 4.69) is 4.72 Å². The highest BCUT2D eigenvalue weighted by Gasteiger charge is 2.55. The van der Waals surface area contributed by atoms with Gasteiger partial charge < -0.3 is 4.90 Å². The Morgan fingerprint density at radius 1 is 0.973 bits per heavy atom. The van der Waals surface area contributed by atoms with E-state index in [4.69, 9.17) is 0 Å². The molecule has 37 heavy (non-hydrogen) atoms. The number of hydrogen-bond acceptors (Lipinski definition) is 5. The van der Waals surface area contributed by atoms with Gasteiger partial charge in [-0.2, -0.15) is 0 Å². The average Bonchev–Trinajstić information content (AvgIpc) is 3.47. The van der Waals surface area contributed by atoms with Gasteiger partial charge in [-0.3, -0.25) is 4.79 Å². The SMILES string of the molecule is CC(C)(C)NS(=O)(=O)c1cccc(C(=O)N2CC3(CCC4(CC4)CC3)c3c2ccc(S(C)(=O)=O)c3F)c1. The fraction of sp³-hybridized carbons (Fsp3) is 0.519. The van der Waals surface area contributed by atoms with Crippen molar-refractivity contribution in [1.29, 1.82) is 0 Å². The summed E-state index contributed by atoms with van der Waals surface area (Å²) in [6.07, 6.45) is 6.50. The Bertz CT molecular complexity index is 1500. The molecule has 0 unspecified atom stereocenters. The van der Waals surface area contributed by atoms with Crippen molar-refractivity contribution in [2.75, 3.05) is 17.7 Å². The maximum absolute atomic E-state index is 15.9. The van der Waals surface area contributed by atoms with Gasteiger partial charge in [-0.25, -0.2) is 25.9 Å². The van der Waals surface area contributed by atoms with Crippen molar-refractivity contribution < 1.29 is 26.0 Å². The van der Waals surface area contributed by atoms with Crippen LogP contribution in [0.3, 0.4) is 0 Å². The maximum Gasteiger partial charge on any atom is 0.258 e. The molecule has 7 nitrogen and oxygen atoms in total. The van der Waals surface area contributed by atoms with E-state index in [0.29, 0.717) is 29.5 Å². The smallest absolute Gasteiger partial charge is 0.258 e. The molecule has 1 N–H and O–H groups in total. The van der Waals surface area contributed by atoms with Crippen LogP contribution in [0.2, 0.25) is 0 Å².